The minimum atomic E-state index is 0.474. The van der Waals surface area contributed by atoms with Crippen molar-refractivity contribution in [3.63, 3.8) is 0 Å². The number of hydrogen-bond acceptors (Lipinski definition) is 1. The average Bonchev–Trinajstić information content (AvgIpc) is 2.36. The molecule has 1 fully saturated rings. The summed E-state index contributed by atoms with van der Waals surface area (Å²) in [7, 11) is 0. The van der Waals surface area contributed by atoms with Gasteiger partial charge in [0, 0.05) is 6.04 Å². The highest BCUT2D eigenvalue weighted by Gasteiger charge is 2.19. The molecule has 0 spiro atoms. The third-order valence-corrected chi connectivity index (χ3v) is 4.30. The molecule has 18 heavy (non-hydrogen) atoms. The van der Waals surface area contributed by atoms with E-state index in [0.717, 1.165) is 11.8 Å². The lowest BCUT2D eigenvalue weighted by Gasteiger charge is -2.28. The van der Waals surface area contributed by atoms with Crippen molar-refractivity contribution < 1.29 is 0 Å². The number of hydrogen-bond donors (Lipinski definition) is 1. The van der Waals surface area contributed by atoms with Crippen LogP contribution in [0.15, 0.2) is 24.3 Å². The number of nitrogens with one attached hydrogen (secondary N) is 1. The van der Waals surface area contributed by atoms with Gasteiger partial charge < -0.3 is 5.32 Å². The minimum absolute atomic E-state index is 0.474. The molecule has 1 heteroatoms. The third-order valence-electron chi connectivity index (χ3n) is 4.30. The molecule has 0 aromatic heterocycles. The summed E-state index contributed by atoms with van der Waals surface area (Å²) in [5, 5.41) is 3.72. The van der Waals surface area contributed by atoms with E-state index in [1.807, 2.05) is 0 Å². The van der Waals surface area contributed by atoms with Crippen LogP contribution in [0.5, 0.6) is 0 Å². The Morgan fingerprint density at radius 1 is 1.33 bits per heavy atom. The van der Waals surface area contributed by atoms with E-state index in [1.165, 1.54) is 43.4 Å². The summed E-state index contributed by atoms with van der Waals surface area (Å²) in [6.45, 7) is 8.02. The minimum Gasteiger partial charge on any atom is -0.310 e. The fourth-order valence-corrected chi connectivity index (χ4v) is 3.15. The Balaban J connectivity index is 1.82. The van der Waals surface area contributed by atoms with Crippen molar-refractivity contribution in [1.29, 1.82) is 0 Å². The van der Waals surface area contributed by atoms with E-state index in [1.54, 1.807) is 0 Å². The van der Waals surface area contributed by atoms with Gasteiger partial charge in [0.05, 0.1) is 0 Å². The Hall–Kier alpha value is -0.820. The molecule has 1 aliphatic rings. The quantitative estimate of drug-likeness (QED) is 0.825. The maximum Gasteiger partial charge on any atom is 0.0292 e. The Labute approximate surface area is 112 Å². The molecule has 0 aliphatic heterocycles. The highest BCUT2D eigenvalue weighted by atomic mass is 14.9. The summed E-state index contributed by atoms with van der Waals surface area (Å²) in [6, 6.07) is 9.32. The molecule has 0 heterocycles. The van der Waals surface area contributed by atoms with Gasteiger partial charge in [-0.1, -0.05) is 49.6 Å². The van der Waals surface area contributed by atoms with Gasteiger partial charge in [0.25, 0.3) is 0 Å². The van der Waals surface area contributed by atoms with Crippen molar-refractivity contribution in [2.45, 2.75) is 52.5 Å². The largest absolute Gasteiger partial charge is 0.310 e. The lowest BCUT2D eigenvalue weighted by atomic mass is 9.82. The van der Waals surface area contributed by atoms with Gasteiger partial charge in [0.15, 0.2) is 0 Å². The lowest BCUT2D eigenvalue weighted by Crippen LogP contribution is -2.28. The Morgan fingerprint density at radius 2 is 2.17 bits per heavy atom. The van der Waals surface area contributed by atoms with Crippen LogP contribution in [0.3, 0.4) is 0 Å². The fourth-order valence-electron chi connectivity index (χ4n) is 3.15. The van der Waals surface area contributed by atoms with Gasteiger partial charge in [-0.15, -0.1) is 0 Å². The molecule has 100 valence electrons. The van der Waals surface area contributed by atoms with E-state index < -0.39 is 0 Å². The van der Waals surface area contributed by atoms with Crippen LogP contribution in [0.1, 0.15) is 56.7 Å². The number of aryl methyl sites for hydroxylation is 1. The average molecular weight is 245 g/mol. The first-order valence-corrected chi connectivity index (χ1v) is 7.45. The summed E-state index contributed by atoms with van der Waals surface area (Å²) in [4.78, 5) is 0. The van der Waals surface area contributed by atoms with E-state index in [4.69, 9.17) is 0 Å². The highest BCUT2D eigenvalue weighted by molar-refractivity contribution is 5.24. The van der Waals surface area contributed by atoms with Crippen molar-refractivity contribution in [2.75, 3.05) is 6.54 Å². The van der Waals surface area contributed by atoms with E-state index in [0.29, 0.717) is 6.04 Å². The van der Waals surface area contributed by atoms with E-state index in [-0.39, 0.29) is 0 Å². The van der Waals surface area contributed by atoms with E-state index in [9.17, 15) is 0 Å². The molecule has 0 bridgehead atoms. The van der Waals surface area contributed by atoms with Crippen LogP contribution in [-0.2, 0) is 0 Å². The molecule has 2 rings (SSSR count). The molecule has 1 N–H and O–H groups in total. The van der Waals surface area contributed by atoms with E-state index >= 15 is 0 Å². The van der Waals surface area contributed by atoms with Crippen molar-refractivity contribution in [3.05, 3.63) is 35.4 Å². The molecule has 3 atom stereocenters. The predicted molar refractivity (Wildman–Crippen MR) is 78.7 cm³/mol. The van der Waals surface area contributed by atoms with Crippen molar-refractivity contribution >= 4 is 0 Å². The Morgan fingerprint density at radius 3 is 2.89 bits per heavy atom. The zero-order valence-electron chi connectivity index (χ0n) is 12.1. The molecule has 0 saturated heterocycles. The van der Waals surface area contributed by atoms with Crippen LogP contribution in [-0.4, -0.2) is 6.54 Å². The van der Waals surface area contributed by atoms with Gasteiger partial charge >= 0.3 is 0 Å². The first kappa shape index (κ1) is 13.6. The molecule has 0 radical (unpaired) electrons. The zero-order chi connectivity index (χ0) is 13.0. The topological polar surface area (TPSA) is 12.0 Å². The van der Waals surface area contributed by atoms with Crippen molar-refractivity contribution in [2.24, 2.45) is 11.8 Å². The number of rotatable bonds is 4. The molecule has 3 unspecified atom stereocenters. The zero-order valence-corrected chi connectivity index (χ0v) is 12.1. The van der Waals surface area contributed by atoms with Crippen LogP contribution in [0.4, 0.5) is 0 Å². The summed E-state index contributed by atoms with van der Waals surface area (Å²) in [6.07, 6.45) is 5.68. The maximum absolute atomic E-state index is 3.72. The molecular formula is C17H27N. The molecule has 1 aromatic carbocycles. The SMILES string of the molecule is Cc1cccc(C(C)NCC2CCCC(C)C2)c1. The molecule has 1 aromatic rings. The van der Waals surface area contributed by atoms with Gasteiger partial charge in [-0.3, -0.25) is 0 Å². The molecule has 0 amide bonds. The van der Waals surface area contributed by atoms with Crippen LogP contribution in [0.2, 0.25) is 0 Å². The second-order valence-electron chi connectivity index (χ2n) is 6.18. The lowest BCUT2D eigenvalue weighted by molar-refractivity contribution is 0.268. The van der Waals surface area contributed by atoms with Crippen molar-refractivity contribution in [1.82, 2.24) is 5.32 Å². The maximum atomic E-state index is 3.72. The van der Waals surface area contributed by atoms with Crippen molar-refractivity contribution in [3.8, 4) is 0 Å². The Kier molecular flexibility index (Phi) is 4.82. The smallest absolute Gasteiger partial charge is 0.0292 e. The van der Waals surface area contributed by atoms with Crippen LogP contribution >= 0.6 is 0 Å². The van der Waals surface area contributed by atoms with Gasteiger partial charge in [-0.25, -0.2) is 0 Å². The first-order valence-electron chi connectivity index (χ1n) is 7.45. The first-order chi connectivity index (χ1) is 8.65. The standard InChI is InChI=1S/C17H27N/c1-13-6-4-8-16(10-13)12-18-15(3)17-9-5-7-14(2)11-17/h5,7,9,11,13,15-16,18H,4,6,8,10,12H2,1-3H3. The van der Waals surface area contributed by atoms with Crippen LogP contribution < -0.4 is 5.32 Å². The summed E-state index contributed by atoms with van der Waals surface area (Å²) in [5.74, 6) is 1.82. The fraction of sp³-hybridized carbons (Fsp3) is 0.647. The second-order valence-corrected chi connectivity index (χ2v) is 6.18. The summed E-state index contributed by atoms with van der Waals surface area (Å²) in [5.41, 5.74) is 2.77. The summed E-state index contributed by atoms with van der Waals surface area (Å²) < 4.78 is 0. The highest BCUT2D eigenvalue weighted by Crippen LogP contribution is 2.28. The normalized spacial score (nSPS) is 25.9. The van der Waals surface area contributed by atoms with Gasteiger partial charge in [-0.05, 0) is 50.6 Å². The summed E-state index contributed by atoms with van der Waals surface area (Å²) >= 11 is 0. The third kappa shape index (κ3) is 3.84. The molecule has 1 nitrogen and oxygen atoms in total. The molecule has 1 saturated carbocycles. The van der Waals surface area contributed by atoms with Gasteiger partial charge in [-0.2, -0.15) is 0 Å². The van der Waals surface area contributed by atoms with E-state index in [2.05, 4.69) is 50.4 Å². The molecule has 1 aliphatic carbocycles. The van der Waals surface area contributed by atoms with Gasteiger partial charge in [0.2, 0.25) is 0 Å². The Bertz CT molecular complexity index is 372. The molecular weight excluding hydrogens is 218 g/mol. The second kappa shape index (κ2) is 6.38. The van der Waals surface area contributed by atoms with Crippen LogP contribution in [0, 0.1) is 18.8 Å². The van der Waals surface area contributed by atoms with Gasteiger partial charge in [0.1, 0.15) is 0 Å². The van der Waals surface area contributed by atoms with Crippen LogP contribution in [0.25, 0.3) is 0 Å². The predicted octanol–water partition coefficient (Wildman–Crippen LogP) is 4.47. The monoisotopic (exact) mass is 245 g/mol. The number of benzene rings is 1.